The summed E-state index contributed by atoms with van der Waals surface area (Å²) in [4.78, 5) is 0. The van der Waals surface area contributed by atoms with Crippen LogP contribution in [0.15, 0.2) is 24.3 Å². The van der Waals surface area contributed by atoms with Gasteiger partial charge in [-0.05, 0) is 19.0 Å². The van der Waals surface area contributed by atoms with Crippen LogP contribution < -0.4 is 5.32 Å². The quantitative estimate of drug-likeness (QED) is 0.822. The lowest BCUT2D eigenvalue weighted by molar-refractivity contribution is 0.0758. The molecule has 0 radical (unpaired) electrons. The maximum atomic E-state index is 13.4. The topological polar surface area (TPSA) is 30.5 Å². The highest BCUT2D eigenvalue weighted by atomic mass is 19.1. The highest BCUT2D eigenvalue weighted by molar-refractivity contribution is 5.16. The second-order valence-electron chi connectivity index (χ2n) is 4.89. The maximum absolute atomic E-state index is 13.4. The largest absolute Gasteiger partial charge is 0.381 e. The Morgan fingerprint density at radius 2 is 2.32 bits per heavy atom. The van der Waals surface area contributed by atoms with Crippen LogP contribution in [-0.4, -0.2) is 32.4 Å². The smallest absolute Gasteiger partial charge is 0.128 e. The van der Waals surface area contributed by atoms with Crippen LogP contribution >= 0.6 is 0 Å². The molecule has 1 aliphatic heterocycles. The Morgan fingerprint density at radius 1 is 1.47 bits per heavy atom. The molecule has 2 atom stereocenters. The number of ether oxygens (including phenoxy) is 2. The van der Waals surface area contributed by atoms with Gasteiger partial charge in [0.25, 0.3) is 0 Å². The Hall–Kier alpha value is -0.970. The molecule has 0 aliphatic carbocycles. The van der Waals surface area contributed by atoms with Crippen LogP contribution in [0.2, 0.25) is 0 Å². The predicted octanol–water partition coefficient (Wildman–Crippen LogP) is 2.36. The molecule has 1 heterocycles. The van der Waals surface area contributed by atoms with Gasteiger partial charge < -0.3 is 14.8 Å². The van der Waals surface area contributed by atoms with E-state index >= 15 is 0 Å². The molecule has 1 aromatic carbocycles. The van der Waals surface area contributed by atoms with Gasteiger partial charge in [-0.1, -0.05) is 25.1 Å². The normalized spacial score (nSPS) is 20.6. The average Bonchev–Trinajstić information content (AvgIpc) is 2.94. The van der Waals surface area contributed by atoms with Gasteiger partial charge in [-0.2, -0.15) is 0 Å². The van der Waals surface area contributed by atoms with E-state index in [0.717, 1.165) is 26.2 Å². The first-order chi connectivity index (χ1) is 9.31. The summed E-state index contributed by atoms with van der Waals surface area (Å²) in [6.07, 6.45) is 1.07. The summed E-state index contributed by atoms with van der Waals surface area (Å²) in [5, 5.41) is 3.43. The monoisotopic (exact) mass is 267 g/mol. The summed E-state index contributed by atoms with van der Waals surface area (Å²) >= 11 is 0. The van der Waals surface area contributed by atoms with Gasteiger partial charge in [-0.15, -0.1) is 0 Å². The first-order valence-electron chi connectivity index (χ1n) is 6.93. The summed E-state index contributed by atoms with van der Waals surface area (Å²) < 4.78 is 24.5. The van der Waals surface area contributed by atoms with Crippen molar-refractivity contribution < 1.29 is 13.9 Å². The molecule has 1 aromatic rings. The van der Waals surface area contributed by atoms with Crippen LogP contribution in [0.3, 0.4) is 0 Å². The maximum Gasteiger partial charge on any atom is 0.128 e. The van der Waals surface area contributed by atoms with E-state index in [0.29, 0.717) is 30.7 Å². The number of rotatable bonds is 7. The third-order valence-electron chi connectivity index (χ3n) is 3.51. The molecular weight excluding hydrogens is 245 g/mol. The van der Waals surface area contributed by atoms with Crippen molar-refractivity contribution in [3.05, 3.63) is 35.6 Å². The summed E-state index contributed by atoms with van der Waals surface area (Å²) in [6.45, 7) is 5.53. The van der Waals surface area contributed by atoms with Crippen LogP contribution in [0.1, 0.15) is 18.9 Å². The fraction of sp³-hybridized carbons (Fsp3) is 0.600. The highest BCUT2D eigenvalue weighted by Crippen LogP contribution is 2.17. The number of hydrogen-bond acceptors (Lipinski definition) is 3. The molecule has 2 unspecified atom stereocenters. The minimum absolute atomic E-state index is 0.202. The van der Waals surface area contributed by atoms with Crippen molar-refractivity contribution >= 4 is 0 Å². The van der Waals surface area contributed by atoms with E-state index in [1.165, 1.54) is 6.07 Å². The predicted molar refractivity (Wildman–Crippen MR) is 72.4 cm³/mol. The minimum Gasteiger partial charge on any atom is -0.381 e. The fourth-order valence-corrected chi connectivity index (χ4v) is 2.41. The molecule has 3 nitrogen and oxygen atoms in total. The summed E-state index contributed by atoms with van der Waals surface area (Å²) in [5.41, 5.74) is 0.612. The van der Waals surface area contributed by atoms with Crippen molar-refractivity contribution in [3.8, 4) is 0 Å². The number of halogens is 1. The molecule has 0 aromatic heterocycles. The molecule has 0 amide bonds. The molecule has 1 aliphatic rings. The van der Waals surface area contributed by atoms with Gasteiger partial charge in [-0.3, -0.25) is 0 Å². The van der Waals surface area contributed by atoms with E-state index in [1.54, 1.807) is 12.1 Å². The van der Waals surface area contributed by atoms with Crippen LogP contribution in [-0.2, 0) is 16.1 Å². The van der Waals surface area contributed by atoms with Gasteiger partial charge in [-0.25, -0.2) is 4.39 Å². The third-order valence-corrected chi connectivity index (χ3v) is 3.51. The molecule has 0 bridgehead atoms. The molecule has 2 rings (SSSR count). The van der Waals surface area contributed by atoms with Gasteiger partial charge in [0.15, 0.2) is 0 Å². The van der Waals surface area contributed by atoms with Crippen molar-refractivity contribution in [3.63, 3.8) is 0 Å². The Balaban J connectivity index is 1.80. The van der Waals surface area contributed by atoms with Gasteiger partial charge in [0, 0.05) is 24.1 Å². The molecule has 1 saturated heterocycles. The first kappa shape index (κ1) is 14.4. The van der Waals surface area contributed by atoms with E-state index in [4.69, 9.17) is 9.47 Å². The summed E-state index contributed by atoms with van der Waals surface area (Å²) in [6, 6.07) is 7.03. The Kier molecular flexibility index (Phi) is 5.76. The lowest BCUT2D eigenvalue weighted by Gasteiger charge is -2.23. The molecule has 1 fully saturated rings. The molecule has 19 heavy (non-hydrogen) atoms. The molecule has 106 valence electrons. The summed E-state index contributed by atoms with van der Waals surface area (Å²) in [5.74, 6) is 0.298. The van der Waals surface area contributed by atoms with E-state index in [1.807, 2.05) is 6.07 Å². The molecule has 4 heteroatoms. The third kappa shape index (κ3) is 4.27. The van der Waals surface area contributed by atoms with Crippen molar-refractivity contribution in [1.82, 2.24) is 5.32 Å². The number of nitrogens with one attached hydrogen (secondary N) is 1. The average molecular weight is 267 g/mol. The lowest BCUT2D eigenvalue weighted by atomic mass is 10.00. The van der Waals surface area contributed by atoms with Crippen molar-refractivity contribution in [2.24, 2.45) is 5.92 Å². The van der Waals surface area contributed by atoms with Gasteiger partial charge in [0.2, 0.25) is 0 Å². The van der Waals surface area contributed by atoms with E-state index in [2.05, 4.69) is 12.2 Å². The minimum atomic E-state index is -0.202. The second-order valence-corrected chi connectivity index (χ2v) is 4.89. The zero-order valence-corrected chi connectivity index (χ0v) is 11.4. The van der Waals surface area contributed by atoms with Crippen LogP contribution in [0, 0.1) is 11.7 Å². The van der Waals surface area contributed by atoms with E-state index in [9.17, 15) is 4.39 Å². The number of benzene rings is 1. The van der Waals surface area contributed by atoms with Crippen molar-refractivity contribution in [2.75, 3.05) is 26.4 Å². The van der Waals surface area contributed by atoms with Crippen molar-refractivity contribution in [1.29, 1.82) is 0 Å². The number of hydrogen-bond donors (Lipinski definition) is 1. The van der Waals surface area contributed by atoms with Gasteiger partial charge in [0.1, 0.15) is 5.82 Å². The SMILES string of the molecule is CCNC(COCc1ccccc1F)C1CCOC1. The zero-order chi connectivity index (χ0) is 13.5. The first-order valence-corrected chi connectivity index (χ1v) is 6.93. The van der Waals surface area contributed by atoms with E-state index < -0.39 is 0 Å². The lowest BCUT2D eigenvalue weighted by Crippen LogP contribution is -2.40. The Labute approximate surface area is 114 Å². The van der Waals surface area contributed by atoms with Crippen molar-refractivity contribution in [2.45, 2.75) is 26.0 Å². The standard InChI is InChI=1S/C15H22FNO2/c1-2-17-15(13-7-8-18-10-13)11-19-9-12-5-3-4-6-14(12)16/h3-6,13,15,17H,2,7-11H2,1H3. The highest BCUT2D eigenvalue weighted by Gasteiger charge is 2.25. The molecule has 1 N–H and O–H groups in total. The molecular formula is C15H22FNO2. The number of likely N-dealkylation sites (N-methyl/N-ethyl adjacent to an activating group) is 1. The Bertz CT molecular complexity index is 380. The van der Waals surface area contributed by atoms with Gasteiger partial charge >= 0.3 is 0 Å². The second kappa shape index (κ2) is 7.58. The Morgan fingerprint density at radius 3 is 3.00 bits per heavy atom. The van der Waals surface area contributed by atoms with Crippen LogP contribution in [0.25, 0.3) is 0 Å². The zero-order valence-electron chi connectivity index (χ0n) is 11.4. The van der Waals surface area contributed by atoms with Gasteiger partial charge in [0.05, 0.1) is 19.8 Å². The van der Waals surface area contributed by atoms with E-state index in [-0.39, 0.29) is 5.82 Å². The summed E-state index contributed by atoms with van der Waals surface area (Å²) in [7, 11) is 0. The van der Waals surface area contributed by atoms with Crippen LogP contribution in [0.5, 0.6) is 0 Å². The van der Waals surface area contributed by atoms with Crippen LogP contribution in [0.4, 0.5) is 4.39 Å². The fourth-order valence-electron chi connectivity index (χ4n) is 2.41. The molecule has 0 spiro atoms. The molecule has 0 saturated carbocycles.